The molecule has 1 aromatic carbocycles. The molecule has 2 radical (unpaired) electrons. The summed E-state index contributed by atoms with van der Waals surface area (Å²) in [6, 6.07) is 11.2. The van der Waals surface area contributed by atoms with Crippen molar-refractivity contribution in [2.75, 3.05) is 37.6 Å². The van der Waals surface area contributed by atoms with Crippen LogP contribution in [0.4, 0.5) is 5.82 Å². The Balaban J connectivity index is 1.94. The van der Waals surface area contributed by atoms with Crippen LogP contribution < -0.4 is 4.90 Å². The molecule has 0 aliphatic carbocycles. The van der Waals surface area contributed by atoms with E-state index in [4.69, 9.17) is 4.98 Å². The van der Waals surface area contributed by atoms with Crippen molar-refractivity contribution in [3.05, 3.63) is 36.0 Å². The van der Waals surface area contributed by atoms with E-state index in [1.807, 2.05) is 0 Å². The van der Waals surface area contributed by atoms with Gasteiger partial charge >= 0.3 is 174 Å². The average Bonchev–Trinajstić information content (AvgIpc) is 2.73. The van der Waals surface area contributed by atoms with E-state index in [1.54, 1.807) is 0 Å². The van der Waals surface area contributed by atoms with Crippen molar-refractivity contribution in [3.8, 4) is 0 Å². The fourth-order valence-electron chi connectivity index (χ4n) is 4.18. The Bertz CT molecular complexity index is 702. The van der Waals surface area contributed by atoms with E-state index in [0.29, 0.717) is 5.92 Å². The summed E-state index contributed by atoms with van der Waals surface area (Å²) in [7, 11) is 0. The van der Waals surface area contributed by atoms with Crippen LogP contribution in [0.15, 0.2) is 30.3 Å². The van der Waals surface area contributed by atoms with E-state index in [1.165, 1.54) is 82.9 Å². The van der Waals surface area contributed by atoms with Crippen LogP contribution in [0.3, 0.4) is 0 Å². The second-order valence-electron chi connectivity index (χ2n) is 7.78. The summed E-state index contributed by atoms with van der Waals surface area (Å²) >= 11 is 1.38. The van der Waals surface area contributed by atoms with E-state index < -0.39 is 0 Å². The van der Waals surface area contributed by atoms with Gasteiger partial charge in [-0.05, 0) is 0 Å². The van der Waals surface area contributed by atoms with Crippen molar-refractivity contribution in [1.82, 2.24) is 9.88 Å². The Labute approximate surface area is 180 Å². The van der Waals surface area contributed by atoms with Gasteiger partial charge in [0, 0.05) is 0 Å². The van der Waals surface area contributed by atoms with Crippen molar-refractivity contribution in [2.45, 2.75) is 56.0 Å². The first-order valence-electron chi connectivity index (χ1n) is 10.8. The van der Waals surface area contributed by atoms with Crippen LogP contribution in [-0.2, 0) is 0 Å². The molecule has 0 spiro atoms. The Kier molecular flexibility index (Phi) is 8.32. The number of nitrogens with zero attached hydrogens (tertiary/aromatic N) is 3. The molecule has 0 N–H and O–H groups in total. The molecule has 144 valence electrons. The van der Waals surface area contributed by atoms with Crippen molar-refractivity contribution < 1.29 is 0 Å². The fraction of sp³-hybridized carbons (Fsp3) is 0.609. The molecule has 0 amide bonds. The zero-order valence-corrected chi connectivity index (χ0v) is 20.5. The van der Waals surface area contributed by atoms with E-state index in [2.05, 4.69) is 54.0 Å². The maximum atomic E-state index is 5.30. The number of aromatic nitrogens is 1. The van der Waals surface area contributed by atoms with Gasteiger partial charge in [-0.25, -0.2) is 0 Å². The topological polar surface area (TPSA) is 19.4 Å². The molecule has 1 aliphatic heterocycles. The molecule has 27 heavy (non-hydrogen) atoms. The van der Waals surface area contributed by atoms with Gasteiger partial charge in [0.2, 0.25) is 0 Å². The van der Waals surface area contributed by atoms with Crippen LogP contribution in [0.2, 0.25) is 4.18 Å². The third-order valence-corrected chi connectivity index (χ3v) is 7.11. The number of rotatable bonds is 9. The molecule has 1 saturated heterocycles. The summed E-state index contributed by atoms with van der Waals surface area (Å²) in [6.07, 6.45) is 6.52. The molecular formula is C23H34InN3. The molecule has 1 fully saturated rings. The third kappa shape index (κ3) is 5.41. The van der Waals surface area contributed by atoms with E-state index in [9.17, 15) is 0 Å². The van der Waals surface area contributed by atoms with E-state index >= 15 is 0 Å². The summed E-state index contributed by atoms with van der Waals surface area (Å²) in [6.45, 7) is 10.2. The van der Waals surface area contributed by atoms with Gasteiger partial charge < -0.3 is 0 Å². The molecule has 0 saturated carbocycles. The molecule has 3 rings (SSSR count). The first kappa shape index (κ1) is 21.0. The van der Waals surface area contributed by atoms with Crippen molar-refractivity contribution in [2.24, 2.45) is 0 Å². The molecule has 3 nitrogen and oxygen atoms in total. The Morgan fingerprint density at radius 1 is 1.04 bits per heavy atom. The van der Waals surface area contributed by atoms with Gasteiger partial charge in [0.1, 0.15) is 0 Å². The number of anilines is 1. The van der Waals surface area contributed by atoms with Gasteiger partial charge in [-0.2, -0.15) is 0 Å². The number of hydrogen-bond acceptors (Lipinski definition) is 3. The molecule has 1 aromatic heterocycles. The molecule has 1 aliphatic rings. The summed E-state index contributed by atoms with van der Waals surface area (Å²) in [5.74, 6) is 1.85. The van der Waals surface area contributed by atoms with Crippen molar-refractivity contribution in [3.63, 3.8) is 0 Å². The van der Waals surface area contributed by atoms with Crippen LogP contribution in [0.5, 0.6) is 0 Å². The molecule has 4 heteroatoms. The molecule has 2 heterocycles. The van der Waals surface area contributed by atoms with Crippen molar-refractivity contribution >= 4 is 41.0 Å². The first-order valence-corrected chi connectivity index (χ1v) is 13.2. The van der Waals surface area contributed by atoms with Gasteiger partial charge in [0.15, 0.2) is 0 Å². The van der Waals surface area contributed by atoms with E-state index in [-0.39, 0.29) is 0 Å². The quantitative estimate of drug-likeness (QED) is 0.517. The van der Waals surface area contributed by atoms with Gasteiger partial charge in [-0.1, -0.05) is 6.92 Å². The average molecular weight is 467 g/mol. The van der Waals surface area contributed by atoms with Crippen LogP contribution >= 0.6 is 0 Å². The molecule has 0 bridgehead atoms. The fourth-order valence-corrected chi connectivity index (χ4v) is 4.85. The number of hydrogen-bond donors (Lipinski definition) is 0. The Hall–Kier alpha value is -0.740. The van der Waals surface area contributed by atoms with Gasteiger partial charge in [0.25, 0.3) is 0 Å². The SMILES string of the molecule is CCCCC(CC[CH2][In])c1cc2ccccc2c(N2CCN(CC)CC2)n1. The third-order valence-electron chi connectivity index (χ3n) is 5.94. The number of piperazine rings is 1. The molecule has 2 aromatic rings. The Morgan fingerprint density at radius 3 is 2.48 bits per heavy atom. The summed E-state index contributed by atoms with van der Waals surface area (Å²) < 4.78 is 1.40. The number of benzene rings is 1. The van der Waals surface area contributed by atoms with Crippen LogP contribution in [-0.4, -0.2) is 67.0 Å². The minimum atomic E-state index is 0.623. The monoisotopic (exact) mass is 467 g/mol. The summed E-state index contributed by atoms with van der Waals surface area (Å²) in [5.41, 5.74) is 1.34. The first-order chi connectivity index (χ1) is 13.3. The van der Waals surface area contributed by atoms with Gasteiger partial charge in [0.05, 0.1) is 0 Å². The van der Waals surface area contributed by atoms with Crippen molar-refractivity contribution in [1.29, 1.82) is 0 Å². The molecule has 1 unspecified atom stereocenters. The number of likely N-dealkylation sites (N-methyl/N-ethyl adjacent to an activating group) is 1. The predicted molar refractivity (Wildman–Crippen MR) is 118 cm³/mol. The minimum absolute atomic E-state index is 0.623. The summed E-state index contributed by atoms with van der Waals surface area (Å²) in [5, 5.41) is 2.69. The van der Waals surface area contributed by atoms with Crippen LogP contribution in [0, 0.1) is 0 Å². The molecule has 1 atom stereocenters. The second kappa shape index (κ2) is 10.7. The zero-order chi connectivity index (χ0) is 19.1. The second-order valence-corrected chi connectivity index (χ2v) is 9.43. The van der Waals surface area contributed by atoms with Crippen LogP contribution in [0.25, 0.3) is 10.8 Å². The predicted octanol–water partition coefficient (Wildman–Crippen LogP) is 5.02. The zero-order valence-electron chi connectivity index (χ0n) is 17.2. The number of fused-ring (bicyclic) bond motifs is 1. The maximum absolute atomic E-state index is 5.30. The van der Waals surface area contributed by atoms with E-state index in [0.717, 1.165) is 32.7 Å². The summed E-state index contributed by atoms with van der Waals surface area (Å²) in [4.78, 5) is 10.4. The standard InChI is InChI=1S/C23H34N3.In/c1-4-7-11-19(10-5-2)22-18-20-12-8-9-13-21(20)23(24-22)26-16-14-25(6-3)15-17-26;/h8-9,12-13,18-19H,2,4-7,10-11,14-17H2,1,3H3;. The Morgan fingerprint density at radius 2 is 1.78 bits per heavy atom. The van der Waals surface area contributed by atoms with Gasteiger partial charge in [-0.3, -0.25) is 0 Å². The molecular weight excluding hydrogens is 433 g/mol. The number of pyridine rings is 1. The van der Waals surface area contributed by atoms with Gasteiger partial charge in [-0.15, -0.1) is 0 Å². The van der Waals surface area contributed by atoms with Crippen LogP contribution in [0.1, 0.15) is 57.6 Å². The normalized spacial score (nSPS) is 16.7. The number of unbranched alkanes of at least 4 members (excludes halogenated alkanes) is 1.